The van der Waals surface area contributed by atoms with E-state index >= 15 is 0 Å². The van der Waals surface area contributed by atoms with Gasteiger partial charge in [-0.2, -0.15) is 0 Å². The normalized spacial score (nSPS) is 15.7. The maximum atomic E-state index is 11.8. The number of morpholine rings is 1. The van der Waals surface area contributed by atoms with Gasteiger partial charge in [0.2, 0.25) is 0 Å². The van der Waals surface area contributed by atoms with Gasteiger partial charge in [-0.05, 0) is 6.42 Å². The summed E-state index contributed by atoms with van der Waals surface area (Å²) in [7, 11) is 0. The maximum Gasteiger partial charge on any atom is 0.270 e. The largest absolute Gasteiger partial charge is 0.379 e. The summed E-state index contributed by atoms with van der Waals surface area (Å²) < 4.78 is 5.31. The zero-order chi connectivity index (χ0) is 14.9. The van der Waals surface area contributed by atoms with E-state index in [0.717, 1.165) is 45.8 Å². The second-order valence-electron chi connectivity index (χ2n) is 4.93. The lowest BCUT2D eigenvalue weighted by atomic mass is 10.3. The fourth-order valence-electron chi connectivity index (χ4n) is 2.07. The Morgan fingerprint density at radius 3 is 2.90 bits per heavy atom. The Morgan fingerprint density at radius 2 is 2.14 bits per heavy atom. The predicted octanol–water partition coefficient (Wildman–Crippen LogP) is 0.361. The monoisotopic (exact) mass is 293 g/mol. The van der Waals surface area contributed by atoms with Crippen molar-refractivity contribution in [2.45, 2.75) is 13.3 Å². The molecule has 0 aromatic carbocycles. The molecule has 1 aliphatic heterocycles. The third-order valence-corrected chi connectivity index (χ3v) is 3.27. The topological polar surface area (TPSA) is 79.4 Å². The number of hydrogen-bond donors (Lipinski definition) is 2. The number of hydrogen-bond acceptors (Lipinski definition) is 6. The lowest BCUT2D eigenvalue weighted by molar-refractivity contribution is 0.0398. The first-order valence-corrected chi connectivity index (χ1v) is 7.44. The molecule has 0 spiro atoms. The van der Waals surface area contributed by atoms with Crippen molar-refractivity contribution in [2.75, 3.05) is 51.3 Å². The van der Waals surface area contributed by atoms with Gasteiger partial charge in [0.15, 0.2) is 0 Å². The molecule has 0 unspecified atom stereocenters. The number of aromatic nitrogens is 2. The highest BCUT2D eigenvalue weighted by molar-refractivity contribution is 5.92. The molecule has 2 N–H and O–H groups in total. The molecule has 0 atom stereocenters. The summed E-state index contributed by atoms with van der Waals surface area (Å²) in [6.07, 6.45) is 2.32. The Hall–Kier alpha value is -1.73. The quantitative estimate of drug-likeness (QED) is 0.756. The molecule has 0 saturated carbocycles. The highest BCUT2D eigenvalue weighted by atomic mass is 16.5. The lowest BCUT2D eigenvalue weighted by Gasteiger charge is -2.26. The van der Waals surface area contributed by atoms with Crippen molar-refractivity contribution in [1.82, 2.24) is 20.2 Å². The SMILES string of the molecule is CCCNC(=O)c1cc(NCCN2CCOCC2)ncn1. The Morgan fingerprint density at radius 1 is 1.33 bits per heavy atom. The predicted molar refractivity (Wildman–Crippen MR) is 80.4 cm³/mol. The van der Waals surface area contributed by atoms with Crippen LogP contribution in [0.15, 0.2) is 12.4 Å². The van der Waals surface area contributed by atoms with E-state index in [2.05, 4.69) is 25.5 Å². The first-order chi connectivity index (χ1) is 10.3. The van der Waals surface area contributed by atoms with Crippen LogP contribution in [-0.4, -0.2) is 66.7 Å². The van der Waals surface area contributed by atoms with Crippen LogP contribution in [0.25, 0.3) is 0 Å². The molecule has 1 saturated heterocycles. The molecular weight excluding hydrogens is 270 g/mol. The fraction of sp³-hybridized carbons (Fsp3) is 0.643. The smallest absolute Gasteiger partial charge is 0.270 e. The molecule has 1 fully saturated rings. The van der Waals surface area contributed by atoms with E-state index in [4.69, 9.17) is 4.74 Å². The number of nitrogens with zero attached hydrogens (tertiary/aromatic N) is 3. The first kappa shape index (κ1) is 15.7. The number of nitrogens with one attached hydrogen (secondary N) is 2. The molecule has 116 valence electrons. The van der Waals surface area contributed by atoms with Crippen LogP contribution in [0, 0.1) is 0 Å². The zero-order valence-electron chi connectivity index (χ0n) is 12.5. The molecule has 1 aromatic heterocycles. The summed E-state index contributed by atoms with van der Waals surface area (Å²) in [5, 5.41) is 6.03. The van der Waals surface area contributed by atoms with Gasteiger partial charge in [0.05, 0.1) is 13.2 Å². The summed E-state index contributed by atoms with van der Waals surface area (Å²) in [5.41, 5.74) is 0.396. The number of ether oxygens (including phenoxy) is 1. The fourth-order valence-corrected chi connectivity index (χ4v) is 2.07. The molecular formula is C14H23N5O2. The molecule has 7 nitrogen and oxygen atoms in total. The van der Waals surface area contributed by atoms with E-state index in [1.807, 2.05) is 6.92 Å². The summed E-state index contributed by atoms with van der Waals surface area (Å²) >= 11 is 0. The Labute approximate surface area is 125 Å². The maximum absolute atomic E-state index is 11.8. The summed E-state index contributed by atoms with van der Waals surface area (Å²) in [6, 6.07) is 1.68. The van der Waals surface area contributed by atoms with E-state index in [1.165, 1.54) is 6.33 Å². The average molecular weight is 293 g/mol. The Balaban J connectivity index is 1.78. The van der Waals surface area contributed by atoms with Crippen molar-refractivity contribution in [3.63, 3.8) is 0 Å². The first-order valence-electron chi connectivity index (χ1n) is 7.44. The highest BCUT2D eigenvalue weighted by Gasteiger charge is 2.10. The minimum atomic E-state index is -0.157. The highest BCUT2D eigenvalue weighted by Crippen LogP contribution is 2.04. The van der Waals surface area contributed by atoms with Crippen LogP contribution in [0.3, 0.4) is 0 Å². The van der Waals surface area contributed by atoms with Crippen molar-refractivity contribution in [3.05, 3.63) is 18.1 Å². The number of amides is 1. The van der Waals surface area contributed by atoms with Crippen LogP contribution < -0.4 is 10.6 Å². The van der Waals surface area contributed by atoms with Crippen LogP contribution in [0.5, 0.6) is 0 Å². The van der Waals surface area contributed by atoms with Crippen molar-refractivity contribution < 1.29 is 9.53 Å². The van der Waals surface area contributed by atoms with Gasteiger partial charge in [-0.25, -0.2) is 9.97 Å². The van der Waals surface area contributed by atoms with E-state index < -0.39 is 0 Å². The number of carbonyl (C=O) groups excluding carboxylic acids is 1. The van der Waals surface area contributed by atoms with Crippen LogP contribution in [-0.2, 0) is 4.74 Å². The minimum Gasteiger partial charge on any atom is -0.379 e. The van der Waals surface area contributed by atoms with Gasteiger partial charge in [-0.15, -0.1) is 0 Å². The average Bonchev–Trinajstić information content (AvgIpc) is 2.54. The van der Waals surface area contributed by atoms with Crippen molar-refractivity contribution in [1.29, 1.82) is 0 Å². The minimum absolute atomic E-state index is 0.157. The van der Waals surface area contributed by atoms with Gasteiger partial charge in [0.1, 0.15) is 17.8 Å². The van der Waals surface area contributed by atoms with E-state index in [1.54, 1.807) is 6.07 Å². The van der Waals surface area contributed by atoms with E-state index in [-0.39, 0.29) is 5.91 Å². The van der Waals surface area contributed by atoms with Gasteiger partial charge in [0.25, 0.3) is 5.91 Å². The zero-order valence-corrected chi connectivity index (χ0v) is 12.5. The van der Waals surface area contributed by atoms with Gasteiger partial charge in [0, 0.05) is 38.8 Å². The lowest BCUT2D eigenvalue weighted by Crippen LogP contribution is -2.39. The van der Waals surface area contributed by atoms with Gasteiger partial charge in [-0.3, -0.25) is 9.69 Å². The molecule has 2 heterocycles. The molecule has 0 aliphatic carbocycles. The van der Waals surface area contributed by atoms with Crippen LogP contribution >= 0.6 is 0 Å². The third kappa shape index (κ3) is 5.28. The molecule has 1 aliphatic rings. The second-order valence-corrected chi connectivity index (χ2v) is 4.93. The van der Waals surface area contributed by atoms with E-state index in [9.17, 15) is 4.79 Å². The summed E-state index contributed by atoms with van der Waals surface area (Å²) in [6.45, 7) is 7.93. The molecule has 1 amide bonds. The van der Waals surface area contributed by atoms with Gasteiger partial charge < -0.3 is 15.4 Å². The van der Waals surface area contributed by atoms with Crippen molar-refractivity contribution in [2.24, 2.45) is 0 Å². The van der Waals surface area contributed by atoms with Gasteiger partial charge in [-0.1, -0.05) is 6.92 Å². The number of rotatable bonds is 7. The molecule has 1 aromatic rings. The van der Waals surface area contributed by atoms with Crippen LogP contribution in [0.1, 0.15) is 23.8 Å². The summed E-state index contributed by atoms with van der Waals surface area (Å²) in [4.78, 5) is 22.3. The Kier molecular flexibility index (Phi) is 6.36. The van der Waals surface area contributed by atoms with Crippen LogP contribution in [0.4, 0.5) is 5.82 Å². The number of anilines is 1. The number of carbonyl (C=O) groups is 1. The van der Waals surface area contributed by atoms with E-state index in [0.29, 0.717) is 18.1 Å². The van der Waals surface area contributed by atoms with Crippen LogP contribution in [0.2, 0.25) is 0 Å². The second kappa shape index (κ2) is 8.53. The molecule has 7 heteroatoms. The Bertz CT molecular complexity index is 449. The molecule has 0 radical (unpaired) electrons. The van der Waals surface area contributed by atoms with Crippen molar-refractivity contribution >= 4 is 11.7 Å². The third-order valence-electron chi connectivity index (χ3n) is 3.27. The molecule has 21 heavy (non-hydrogen) atoms. The molecule has 0 bridgehead atoms. The standard InChI is InChI=1S/C14H23N5O2/c1-2-3-16-14(20)12-10-13(18-11-17-12)15-4-5-19-6-8-21-9-7-19/h10-11H,2-9H2,1H3,(H,16,20)(H,15,17,18). The molecule has 2 rings (SSSR count). The van der Waals surface area contributed by atoms with Crippen molar-refractivity contribution in [3.8, 4) is 0 Å². The summed E-state index contributed by atoms with van der Waals surface area (Å²) in [5.74, 6) is 0.524. The van der Waals surface area contributed by atoms with Gasteiger partial charge >= 0.3 is 0 Å².